The molecule has 1 fully saturated rings. The van der Waals surface area contributed by atoms with E-state index in [1.807, 2.05) is 0 Å². The Kier molecular flexibility index (Phi) is 5.40. The van der Waals surface area contributed by atoms with Gasteiger partial charge in [0.2, 0.25) is 4.87 Å². The molecule has 3 atom stereocenters. The number of hydrogen-bond acceptors (Lipinski definition) is 6. The summed E-state index contributed by atoms with van der Waals surface area (Å²) in [6.07, 6.45) is 0. The molecule has 7 nitrogen and oxygen atoms in total. The van der Waals surface area contributed by atoms with Crippen molar-refractivity contribution < 1.29 is 24.6 Å². The first-order valence-electron chi connectivity index (χ1n) is 4.49. The Morgan fingerprint density at radius 3 is 2.29 bits per heavy atom. The molecule has 1 heterocycles. The van der Waals surface area contributed by atoms with Gasteiger partial charge in [0, 0.05) is 5.75 Å². The summed E-state index contributed by atoms with van der Waals surface area (Å²) in [5, 5.41) is 20.1. The fourth-order valence-corrected chi connectivity index (χ4v) is 2.68. The molecule has 0 amide bonds. The predicted molar refractivity (Wildman–Crippen MR) is 63.3 cm³/mol. The van der Waals surface area contributed by atoms with Gasteiger partial charge in [-0.3, -0.25) is 14.9 Å². The minimum atomic E-state index is -1.93. The Balaban J connectivity index is 0.00000256. The lowest BCUT2D eigenvalue weighted by Gasteiger charge is -2.24. The van der Waals surface area contributed by atoms with Crippen LogP contribution in [0.5, 0.6) is 0 Å². The highest BCUT2D eigenvalue weighted by Crippen LogP contribution is 2.32. The van der Waals surface area contributed by atoms with Gasteiger partial charge in [0.15, 0.2) is 5.78 Å². The van der Waals surface area contributed by atoms with E-state index in [0.29, 0.717) is 0 Å². The molecule has 1 aliphatic heterocycles. The second-order valence-electron chi connectivity index (χ2n) is 3.49. The molecule has 0 saturated carbocycles. The summed E-state index contributed by atoms with van der Waals surface area (Å²) in [5.41, 5.74) is 5.35. The lowest BCUT2D eigenvalue weighted by Crippen LogP contribution is -2.59. The van der Waals surface area contributed by atoms with E-state index in [4.69, 9.17) is 15.9 Å². The van der Waals surface area contributed by atoms with Crippen LogP contribution in [0.3, 0.4) is 0 Å². The average Bonchev–Trinajstić information content (AvgIpc) is 2.62. The standard InChI is InChI=1S/C8H12N2O5S.ClH/c1-3(9)5(11)8(7(14)15)10-4(2-16-8)6(12)13;/h3-4,10H,2,9H2,1H3,(H,12,13)(H,14,15);1H/t3-,4?,8?;/m0./s1. The maximum Gasteiger partial charge on any atom is 0.342 e. The molecule has 0 radical (unpaired) electrons. The van der Waals surface area contributed by atoms with Crippen molar-refractivity contribution >= 4 is 41.9 Å². The van der Waals surface area contributed by atoms with E-state index in [9.17, 15) is 14.4 Å². The molecule has 5 N–H and O–H groups in total. The minimum Gasteiger partial charge on any atom is -0.480 e. The van der Waals surface area contributed by atoms with Gasteiger partial charge in [-0.25, -0.2) is 4.79 Å². The van der Waals surface area contributed by atoms with Crippen molar-refractivity contribution in [3.05, 3.63) is 0 Å². The number of halogens is 1. The van der Waals surface area contributed by atoms with Crippen LogP contribution >= 0.6 is 24.2 Å². The molecule has 2 unspecified atom stereocenters. The van der Waals surface area contributed by atoms with Gasteiger partial charge in [0.25, 0.3) is 0 Å². The summed E-state index contributed by atoms with van der Waals surface area (Å²) in [6.45, 7) is 1.36. The second kappa shape index (κ2) is 5.67. The zero-order valence-electron chi connectivity index (χ0n) is 8.87. The highest BCUT2D eigenvalue weighted by Gasteiger charge is 2.54. The lowest BCUT2D eigenvalue weighted by molar-refractivity contribution is -0.146. The minimum absolute atomic E-state index is 0. The summed E-state index contributed by atoms with van der Waals surface area (Å²) < 4.78 is 0. The Labute approximate surface area is 108 Å². The van der Waals surface area contributed by atoms with Gasteiger partial charge in [-0.1, -0.05) is 0 Å². The summed E-state index contributed by atoms with van der Waals surface area (Å²) in [4.78, 5) is 31.5. The normalized spacial score (nSPS) is 29.2. The van der Waals surface area contributed by atoms with Crippen LogP contribution in [0.1, 0.15) is 6.92 Å². The van der Waals surface area contributed by atoms with Gasteiger partial charge in [0.05, 0.1) is 6.04 Å². The number of nitrogens with two attached hydrogens (primary N) is 1. The van der Waals surface area contributed by atoms with Crippen molar-refractivity contribution in [3.63, 3.8) is 0 Å². The molecule has 1 aliphatic rings. The van der Waals surface area contributed by atoms with E-state index >= 15 is 0 Å². The van der Waals surface area contributed by atoms with Crippen LogP contribution in [0.15, 0.2) is 0 Å². The highest BCUT2D eigenvalue weighted by atomic mass is 35.5. The third kappa shape index (κ3) is 2.89. The van der Waals surface area contributed by atoms with Gasteiger partial charge in [-0.15, -0.1) is 24.2 Å². The highest BCUT2D eigenvalue weighted by molar-refractivity contribution is 8.02. The molecule has 0 bridgehead atoms. The third-order valence-electron chi connectivity index (χ3n) is 2.20. The van der Waals surface area contributed by atoms with E-state index in [1.165, 1.54) is 6.92 Å². The quantitative estimate of drug-likeness (QED) is 0.478. The Bertz CT molecular complexity index is 351. The van der Waals surface area contributed by atoms with Gasteiger partial charge in [0.1, 0.15) is 6.04 Å². The number of aliphatic carboxylic acids is 2. The summed E-state index contributed by atoms with van der Waals surface area (Å²) in [5.74, 6) is -3.31. The number of Topliss-reactive ketones (excluding diaryl/α,β-unsaturated/α-hetero) is 1. The molecule has 17 heavy (non-hydrogen) atoms. The van der Waals surface area contributed by atoms with E-state index in [-0.39, 0.29) is 18.2 Å². The van der Waals surface area contributed by atoms with Gasteiger partial charge < -0.3 is 15.9 Å². The SMILES string of the molecule is C[C@H](N)C(=O)C1(C(=O)O)NC(C(=O)O)CS1.Cl. The zero-order chi connectivity index (χ0) is 12.5. The van der Waals surface area contributed by atoms with E-state index < -0.39 is 34.7 Å². The molecular formula is C8H13ClN2O5S. The topological polar surface area (TPSA) is 130 Å². The third-order valence-corrected chi connectivity index (χ3v) is 3.63. The van der Waals surface area contributed by atoms with Gasteiger partial charge in [-0.2, -0.15) is 0 Å². The maximum atomic E-state index is 11.7. The van der Waals surface area contributed by atoms with Crippen molar-refractivity contribution in [2.24, 2.45) is 5.73 Å². The fraction of sp³-hybridized carbons (Fsp3) is 0.625. The number of thioether (sulfide) groups is 1. The molecule has 9 heteroatoms. The van der Waals surface area contributed by atoms with Crippen molar-refractivity contribution in [3.8, 4) is 0 Å². The molecule has 1 rings (SSSR count). The molecule has 0 spiro atoms. The molecule has 0 aromatic heterocycles. The number of rotatable bonds is 4. The van der Waals surface area contributed by atoms with Crippen LogP contribution in [-0.4, -0.2) is 50.6 Å². The first-order valence-corrected chi connectivity index (χ1v) is 5.47. The maximum absolute atomic E-state index is 11.7. The molecule has 98 valence electrons. The number of ketones is 1. The van der Waals surface area contributed by atoms with Crippen molar-refractivity contribution in [2.45, 2.75) is 23.9 Å². The number of carbonyl (C=O) groups excluding carboxylic acids is 1. The Morgan fingerprint density at radius 1 is 1.47 bits per heavy atom. The smallest absolute Gasteiger partial charge is 0.342 e. The molecule has 0 aliphatic carbocycles. The zero-order valence-corrected chi connectivity index (χ0v) is 10.5. The Morgan fingerprint density at radius 2 is 2.00 bits per heavy atom. The van der Waals surface area contributed by atoms with Crippen molar-refractivity contribution in [2.75, 3.05) is 5.75 Å². The fourth-order valence-electron chi connectivity index (χ4n) is 1.36. The average molecular weight is 285 g/mol. The van der Waals surface area contributed by atoms with E-state index in [1.54, 1.807) is 0 Å². The monoisotopic (exact) mass is 284 g/mol. The number of carbonyl (C=O) groups is 3. The largest absolute Gasteiger partial charge is 0.480 e. The van der Waals surface area contributed by atoms with Crippen LogP contribution in [0.4, 0.5) is 0 Å². The van der Waals surface area contributed by atoms with Crippen LogP contribution in [0.2, 0.25) is 0 Å². The number of carboxylic acids is 2. The van der Waals surface area contributed by atoms with Crippen LogP contribution in [0.25, 0.3) is 0 Å². The lowest BCUT2D eigenvalue weighted by atomic mass is 10.1. The summed E-state index contributed by atoms with van der Waals surface area (Å²) in [6, 6.07) is -2.02. The molecule has 0 aromatic rings. The number of hydrogen-bond donors (Lipinski definition) is 4. The van der Waals surface area contributed by atoms with E-state index in [2.05, 4.69) is 5.32 Å². The summed E-state index contributed by atoms with van der Waals surface area (Å²) >= 11 is 0.750. The van der Waals surface area contributed by atoms with Crippen LogP contribution in [-0.2, 0) is 14.4 Å². The van der Waals surface area contributed by atoms with Crippen LogP contribution in [0, 0.1) is 0 Å². The van der Waals surface area contributed by atoms with Crippen molar-refractivity contribution in [1.29, 1.82) is 0 Å². The van der Waals surface area contributed by atoms with Crippen LogP contribution < -0.4 is 11.1 Å². The number of nitrogens with one attached hydrogen (secondary N) is 1. The summed E-state index contributed by atoms with van der Waals surface area (Å²) in [7, 11) is 0. The predicted octanol–water partition coefficient (Wildman–Crippen LogP) is -1.10. The van der Waals surface area contributed by atoms with Gasteiger partial charge in [-0.05, 0) is 6.92 Å². The molecule has 1 saturated heterocycles. The van der Waals surface area contributed by atoms with E-state index in [0.717, 1.165) is 11.8 Å². The number of carboxylic acid groups (broad SMARTS) is 2. The molecule has 0 aromatic carbocycles. The molecular weight excluding hydrogens is 272 g/mol. The first kappa shape index (κ1) is 16.2. The second-order valence-corrected chi connectivity index (χ2v) is 4.72. The van der Waals surface area contributed by atoms with Crippen molar-refractivity contribution in [1.82, 2.24) is 5.32 Å². The first-order chi connectivity index (χ1) is 7.31. The van der Waals surface area contributed by atoms with Gasteiger partial charge >= 0.3 is 11.9 Å². The Hall–Kier alpha value is -0.830.